The van der Waals surface area contributed by atoms with E-state index in [1.807, 2.05) is 6.07 Å². The average Bonchev–Trinajstić information content (AvgIpc) is 2.41. The molecule has 0 amide bonds. The maximum Gasteiger partial charge on any atom is 0.119 e. The molecule has 3 rings (SSSR count). The summed E-state index contributed by atoms with van der Waals surface area (Å²) in [6.45, 7) is 2.28. The SMILES string of the molecule is Oc1ccc(C2CCNCC2)c2c1CCCC2. The summed E-state index contributed by atoms with van der Waals surface area (Å²) in [6.07, 6.45) is 7.25. The molecule has 1 aliphatic heterocycles. The standard InChI is InChI=1S/C15H21NO/c17-15-6-5-12(11-7-9-16-10-8-11)13-3-1-2-4-14(13)15/h5-6,11,16-17H,1-4,7-10H2. The van der Waals surface area contributed by atoms with Gasteiger partial charge in [-0.25, -0.2) is 0 Å². The van der Waals surface area contributed by atoms with Crippen LogP contribution in [0.1, 0.15) is 48.3 Å². The van der Waals surface area contributed by atoms with Crippen molar-refractivity contribution in [3.05, 3.63) is 28.8 Å². The first-order valence-electron chi connectivity index (χ1n) is 6.90. The molecule has 17 heavy (non-hydrogen) atoms. The van der Waals surface area contributed by atoms with Crippen LogP contribution in [0, 0.1) is 0 Å². The first kappa shape index (κ1) is 11.1. The van der Waals surface area contributed by atoms with Crippen molar-refractivity contribution in [2.24, 2.45) is 0 Å². The predicted octanol–water partition coefficient (Wildman–Crippen LogP) is 2.74. The molecule has 2 heteroatoms. The summed E-state index contributed by atoms with van der Waals surface area (Å²) in [5, 5.41) is 13.4. The summed E-state index contributed by atoms with van der Waals surface area (Å²) in [6, 6.07) is 4.09. The Kier molecular flexibility index (Phi) is 3.06. The van der Waals surface area contributed by atoms with Gasteiger partial charge in [0.05, 0.1) is 0 Å². The van der Waals surface area contributed by atoms with Gasteiger partial charge in [-0.3, -0.25) is 0 Å². The Bertz CT molecular complexity index is 408. The van der Waals surface area contributed by atoms with E-state index in [1.165, 1.54) is 48.8 Å². The number of hydrogen-bond donors (Lipinski definition) is 2. The molecule has 1 aromatic carbocycles. The molecular formula is C15H21NO. The van der Waals surface area contributed by atoms with Gasteiger partial charge in [-0.15, -0.1) is 0 Å². The number of phenolic OH excluding ortho intramolecular Hbond substituents is 1. The van der Waals surface area contributed by atoms with Gasteiger partial charge >= 0.3 is 0 Å². The molecule has 1 heterocycles. The molecule has 1 aliphatic carbocycles. The minimum atomic E-state index is 0.525. The number of aromatic hydroxyl groups is 1. The second-order valence-corrected chi connectivity index (χ2v) is 5.36. The maximum absolute atomic E-state index is 9.97. The van der Waals surface area contributed by atoms with Gasteiger partial charge in [-0.2, -0.15) is 0 Å². The van der Waals surface area contributed by atoms with Crippen LogP contribution >= 0.6 is 0 Å². The summed E-state index contributed by atoms with van der Waals surface area (Å²) in [4.78, 5) is 0. The zero-order chi connectivity index (χ0) is 11.7. The first-order valence-corrected chi connectivity index (χ1v) is 6.90. The number of rotatable bonds is 1. The molecular weight excluding hydrogens is 210 g/mol. The predicted molar refractivity (Wildman–Crippen MR) is 69.6 cm³/mol. The highest BCUT2D eigenvalue weighted by Crippen LogP contribution is 2.37. The van der Waals surface area contributed by atoms with Crippen LogP contribution in [-0.2, 0) is 12.8 Å². The van der Waals surface area contributed by atoms with Gasteiger partial charge in [-0.05, 0) is 80.3 Å². The van der Waals surface area contributed by atoms with Crippen LogP contribution in [0.3, 0.4) is 0 Å². The van der Waals surface area contributed by atoms with E-state index in [4.69, 9.17) is 0 Å². The number of piperidine rings is 1. The minimum absolute atomic E-state index is 0.525. The van der Waals surface area contributed by atoms with Gasteiger partial charge < -0.3 is 10.4 Å². The molecule has 1 saturated heterocycles. The zero-order valence-electron chi connectivity index (χ0n) is 10.3. The molecule has 2 nitrogen and oxygen atoms in total. The van der Waals surface area contributed by atoms with Crippen LogP contribution in [0.15, 0.2) is 12.1 Å². The van der Waals surface area contributed by atoms with Crippen LogP contribution in [0.25, 0.3) is 0 Å². The lowest BCUT2D eigenvalue weighted by Gasteiger charge is -2.28. The number of fused-ring (bicyclic) bond motifs is 1. The Balaban J connectivity index is 1.98. The number of benzene rings is 1. The van der Waals surface area contributed by atoms with Crippen molar-refractivity contribution < 1.29 is 5.11 Å². The molecule has 0 aromatic heterocycles. The Hall–Kier alpha value is -1.02. The largest absolute Gasteiger partial charge is 0.508 e. The van der Waals surface area contributed by atoms with Crippen molar-refractivity contribution in [1.29, 1.82) is 0 Å². The smallest absolute Gasteiger partial charge is 0.119 e. The molecule has 0 unspecified atom stereocenters. The van der Waals surface area contributed by atoms with E-state index >= 15 is 0 Å². The van der Waals surface area contributed by atoms with Crippen molar-refractivity contribution >= 4 is 0 Å². The summed E-state index contributed by atoms with van der Waals surface area (Å²) in [5.41, 5.74) is 4.24. The fourth-order valence-corrected chi connectivity index (χ4v) is 3.39. The van der Waals surface area contributed by atoms with Gasteiger partial charge in [-0.1, -0.05) is 6.07 Å². The van der Waals surface area contributed by atoms with E-state index in [0.29, 0.717) is 11.7 Å². The van der Waals surface area contributed by atoms with Crippen molar-refractivity contribution in [3.63, 3.8) is 0 Å². The van der Waals surface area contributed by atoms with E-state index in [2.05, 4.69) is 11.4 Å². The lowest BCUT2D eigenvalue weighted by molar-refractivity contribution is 0.446. The Morgan fingerprint density at radius 2 is 1.71 bits per heavy atom. The van der Waals surface area contributed by atoms with Crippen LogP contribution in [-0.4, -0.2) is 18.2 Å². The Morgan fingerprint density at radius 3 is 2.47 bits per heavy atom. The summed E-state index contributed by atoms with van der Waals surface area (Å²) in [5.74, 6) is 1.24. The second kappa shape index (κ2) is 4.69. The van der Waals surface area contributed by atoms with Crippen molar-refractivity contribution in [2.45, 2.75) is 44.4 Å². The topological polar surface area (TPSA) is 32.3 Å². The summed E-state index contributed by atoms with van der Waals surface area (Å²) in [7, 11) is 0. The maximum atomic E-state index is 9.97. The third kappa shape index (κ3) is 2.06. The van der Waals surface area contributed by atoms with Gasteiger partial charge in [0, 0.05) is 0 Å². The first-order chi connectivity index (χ1) is 8.36. The Morgan fingerprint density at radius 1 is 1.00 bits per heavy atom. The van der Waals surface area contributed by atoms with Crippen molar-refractivity contribution in [3.8, 4) is 5.75 Å². The number of hydrogen-bond acceptors (Lipinski definition) is 2. The third-order valence-corrected chi connectivity index (χ3v) is 4.33. The molecule has 0 saturated carbocycles. The zero-order valence-corrected chi connectivity index (χ0v) is 10.3. The highest BCUT2D eigenvalue weighted by atomic mass is 16.3. The van der Waals surface area contributed by atoms with E-state index < -0.39 is 0 Å². The third-order valence-electron chi connectivity index (χ3n) is 4.33. The van der Waals surface area contributed by atoms with Crippen LogP contribution in [0.5, 0.6) is 5.75 Å². The lowest BCUT2D eigenvalue weighted by Crippen LogP contribution is -2.27. The van der Waals surface area contributed by atoms with Gasteiger partial charge in [0.25, 0.3) is 0 Å². The van der Waals surface area contributed by atoms with Crippen LogP contribution < -0.4 is 5.32 Å². The van der Waals surface area contributed by atoms with Gasteiger partial charge in [0.15, 0.2) is 0 Å². The average molecular weight is 231 g/mol. The monoisotopic (exact) mass is 231 g/mol. The molecule has 0 radical (unpaired) electrons. The van der Waals surface area contributed by atoms with E-state index in [-0.39, 0.29) is 0 Å². The quantitative estimate of drug-likeness (QED) is 0.779. The fraction of sp³-hybridized carbons (Fsp3) is 0.600. The van der Waals surface area contributed by atoms with Gasteiger partial charge in [0.2, 0.25) is 0 Å². The van der Waals surface area contributed by atoms with E-state index in [1.54, 1.807) is 0 Å². The van der Waals surface area contributed by atoms with Crippen LogP contribution in [0.2, 0.25) is 0 Å². The molecule has 1 aromatic rings. The number of nitrogens with one attached hydrogen (secondary N) is 1. The summed E-state index contributed by atoms with van der Waals surface area (Å²) < 4.78 is 0. The normalized spacial score (nSPS) is 21.2. The van der Waals surface area contributed by atoms with Crippen molar-refractivity contribution in [2.75, 3.05) is 13.1 Å². The van der Waals surface area contributed by atoms with Crippen molar-refractivity contribution in [1.82, 2.24) is 5.32 Å². The molecule has 0 bridgehead atoms. The molecule has 0 spiro atoms. The Labute approximate surface area is 103 Å². The second-order valence-electron chi connectivity index (χ2n) is 5.36. The molecule has 1 fully saturated rings. The van der Waals surface area contributed by atoms with E-state index in [9.17, 15) is 5.11 Å². The minimum Gasteiger partial charge on any atom is -0.508 e. The molecule has 92 valence electrons. The van der Waals surface area contributed by atoms with Gasteiger partial charge in [0.1, 0.15) is 5.75 Å². The lowest BCUT2D eigenvalue weighted by atomic mass is 9.80. The highest BCUT2D eigenvalue weighted by Gasteiger charge is 2.22. The highest BCUT2D eigenvalue weighted by molar-refractivity contribution is 5.47. The van der Waals surface area contributed by atoms with Crippen LogP contribution in [0.4, 0.5) is 0 Å². The fourth-order valence-electron chi connectivity index (χ4n) is 3.39. The molecule has 2 N–H and O–H groups in total. The summed E-state index contributed by atoms with van der Waals surface area (Å²) >= 11 is 0. The number of phenols is 1. The van der Waals surface area contributed by atoms with E-state index in [0.717, 1.165) is 19.5 Å². The molecule has 2 aliphatic rings. The molecule has 0 atom stereocenters.